The van der Waals surface area contributed by atoms with Crippen molar-refractivity contribution >= 4 is 63.9 Å². The summed E-state index contributed by atoms with van der Waals surface area (Å²) in [6.07, 6.45) is -7.30. The van der Waals surface area contributed by atoms with Gasteiger partial charge >= 0.3 is 6.18 Å². The van der Waals surface area contributed by atoms with Crippen LogP contribution in [0.3, 0.4) is 0 Å². The Morgan fingerprint density at radius 3 is 2.12 bits per heavy atom. The van der Waals surface area contributed by atoms with Gasteiger partial charge in [-0.05, 0) is 43.2 Å². The van der Waals surface area contributed by atoms with E-state index in [1.165, 1.54) is 18.2 Å². The second-order valence-corrected chi connectivity index (χ2v) is 11.7. The molecule has 2 aliphatic rings. The maximum atomic E-state index is 14.1. The minimum absolute atomic E-state index is 0.00499. The van der Waals surface area contributed by atoms with Crippen molar-refractivity contribution in [1.82, 2.24) is 15.1 Å². The number of likely N-dealkylation sites (tertiary alicyclic amines) is 2. The average Bonchev–Trinajstić information content (AvgIpc) is 2.89. The summed E-state index contributed by atoms with van der Waals surface area (Å²) in [6.45, 7) is 0.310. The smallest absolute Gasteiger partial charge is 0.380 e. The predicted molar refractivity (Wildman–Crippen MR) is 150 cm³/mol. The molecule has 2 saturated heterocycles. The Bertz CT molecular complexity index is 1310. The van der Waals surface area contributed by atoms with Gasteiger partial charge in [0.15, 0.2) is 0 Å². The van der Waals surface area contributed by atoms with Crippen molar-refractivity contribution in [1.29, 1.82) is 0 Å². The Morgan fingerprint density at radius 2 is 1.57 bits per heavy atom. The van der Waals surface area contributed by atoms with E-state index in [4.69, 9.17) is 46.4 Å². The molecule has 0 aliphatic carbocycles. The lowest BCUT2D eigenvalue weighted by molar-refractivity contribution is -0.262. The van der Waals surface area contributed by atoms with Crippen LogP contribution in [0, 0.1) is 0 Å². The maximum Gasteiger partial charge on any atom is 0.430 e. The Morgan fingerprint density at radius 1 is 0.976 bits per heavy atom. The Balaban J connectivity index is 1.33. The summed E-state index contributed by atoms with van der Waals surface area (Å²) in [6, 6.07) is 6.08. The molecular weight excluding hydrogens is 653 g/mol. The van der Waals surface area contributed by atoms with Gasteiger partial charge in [-0.2, -0.15) is 13.2 Å². The van der Waals surface area contributed by atoms with E-state index < -0.39 is 47.1 Å². The van der Waals surface area contributed by atoms with Gasteiger partial charge in [-0.1, -0.05) is 46.4 Å². The van der Waals surface area contributed by atoms with Gasteiger partial charge in [0.2, 0.25) is 0 Å². The van der Waals surface area contributed by atoms with Gasteiger partial charge in [0.1, 0.15) is 0 Å². The number of anilines is 1. The van der Waals surface area contributed by atoms with Crippen molar-refractivity contribution < 1.29 is 36.6 Å². The molecule has 2 aromatic carbocycles. The first-order valence-electron chi connectivity index (χ1n) is 12.7. The van der Waals surface area contributed by atoms with Crippen molar-refractivity contribution in [3.8, 4) is 0 Å². The van der Waals surface area contributed by atoms with Crippen LogP contribution in [0.1, 0.15) is 28.8 Å². The van der Waals surface area contributed by atoms with Crippen LogP contribution in [0.25, 0.3) is 0 Å². The summed E-state index contributed by atoms with van der Waals surface area (Å²) in [4.78, 5) is 28.3. The molecule has 16 heteroatoms. The highest BCUT2D eigenvalue weighted by atomic mass is 35.5. The van der Waals surface area contributed by atoms with Gasteiger partial charge in [-0.3, -0.25) is 14.5 Å². The fourth-order valence-corrected chi connectivity index (χ4v) is 6.18. The molecule has 0 spiro atoms. The number of hydrogen-bond donors (Lipinski definition) is 3. The Kier molecular flexibility index (Phi) is 10.1. The predicted octanol–water partition coefficient (Wildman–Crippen LogP) is 5.83. The molecule has 1 atom stereocenters. The molecular formula is C26H25Cl4F5N4O3. The van der Waals surface area contributed by atoms with Crippen LogP contribution >= 0.6 is 46.4 Å². The fourth-order valence-electron chi connectivity index (χ4n) is 5.10. The molecule has 2 aromatic rings. The van der Waals surface area contributed by atoms with E-state index in [2.05, 4.69) is 15.5 Å². The summed E-state index contributed by atoms with van der Waals surface area (Å²) in [5.74, 6) is -2.33. The van der Waals surface area contributed by atoms with E-state index in [0.717, 1.165) is 17.0 Å². The van der Waals surface area contributed by atoms with Gasteiger partial charge in [-0.25, -0.2) is 8.78 Å². The molecule has 2 heterocycles. The van der Waals surface area contributed by atoms with E-state index in [9.17, 15) is 36.6 Å². The average molecular weight is 678 g/mol. The van der Waals surface area contributed by atoms with E-state index in [-0.39, 0.29) is 45.8 Å². The van der Waals surface area contributed by atoms with Crippen LogP contribution in [-0.4, -0.2) is 84.1 Å². The normalized spacial score (nSPS) is 18.5. The summed E-state index contributed by atoms with van der Waals surface area (Å²) in [5.41, 5.74) is -4.27. The summed E-state index contributed by atoms with van der Waals surface area (Å²) in [5, 5.41) is 15.5. The van der Waals surface area contributed by atoms with Crippen LogP contribution in [0.5, 0.6) is 0 Å². The van der Waals surface area contributed by atoms with Gasteiger partial charge < -0.3 is 20.6 Å². The second-order valence-electron chi connectivity index (χ2n) is 10.1. The van der Waals surface area contributed by atoms with E-state index in [0.29, 0.717) is 31.6 Å². The molecule has 2 amide bonds. The minimum atomic E-state index is -5.34. The number of carbonyl (C=O) groups is 2. The molecule has 0 aromatic heterocycles. The largest absolute Gasteiger partial charge is 0.430 e. The molecule has 0 radical (unpaired) electrons. The van der Waals surface area contributed by atoms with E-state index in [1.807, 2.05) is 0 Å². The zero-order chi connectivity index (χ0) is 31.0. The molecule has 7 nitrogen and oxygen atoms in total. The van der Waals surface area contributed by atoms with Crippen molar-refractivity contribution in [3.05, 3.63) is 61.5 Å². The number of nitrogens with zero attached hydrogens (tertiary/aromatic N) is 2. The summed E-state index contributed by atoms with van der Waals surface area (Å²) >= 11 is 24.1. The lowest BCUT2D eigenvalue weighted by atomic mass is 9.89. The van der Waals surface area contributed by atoms with Crippen molar-refractivity contribution in [2.45, 2.75) is 43.1 Å². The molecule has 0 saturated carbocycles. The SMILES string of the molecule is O=C(NCC(F)F)c1c(Cl)cc(NC2CN(C3CCN(C(=O)[C@@](O)(c4cc(Cl)ccc4Cl)C(F)(F)F)CC3)C2)cc1Cl. The summed E-state index contributed by atoms with van der Waals surface area (Å²) < 4.78 is 67.1. The third-order valence-electron chi connectivity index (χ3n) is 7.27. The first kappa shape index (κ1) is 32.8. The Hall–Kier alpha value is -2.09. The number of aliphatic hydroxyl groups is 1. The molecule has 42 heavy (non-hydrogen) atoms. The van der Waals surface area contributed by atoms with Gasteiger partial charge in [0, 0.05) is 53.5 Å². The number of halogens is 9. The fraction of sp³-hybridized carbons (Fsp3) is 0.462. The van der Waals surface area contributed by atoms with Gasteiger partial charge in [0.05, 0.1) is 28.2 Å². The van der Waals surface area contributed by atoms with Gasteiger partial charge in [-0.15, -0.1) is 0 Å². The number of rotatable bonds is 8. The summed E-state index contributed by atoms with van der Waals surface area (Å²) in [7, 11) is 0. The Labute approximate surface area is 257 Å². The quantitative estimate of drug-likeness (QED) is 0.306. The monoisotopic (exact) mass is 676 g/mol. The van der Waals surface area contributed by atoms with E-state index in [1.54, 1.807) is 0 Å². The molecule has 2 aliphatic heterocycles. The third-order valence-corrected chi connectivity index (χ3v) is 8.43. The van der Waals surface area contributed by atoms with Crippen LogP contribution in [0.4, 0.5) is 27.6 Å². The number of amides is 2. The van der Waals surface area contributed by atoms with Crippen LogP contribution < -0.4 is 10.6 Å². The topological polar surface area (TPSA) is 84.9 Å². The van der Waals surface area contributed by atoms with Crippen LogP contribution in [0.2, 0.25) is 20.1 Å². The minimum Gasteiger partial charge on any atom is -0.380 e. The molecule has 2 fully saturated rings. The second kappa shape index (κ2) is 12.9. The lowest BCUT2D eigenvalue weighted by Crippen LogP contribution is -2.62. The zero-order valence-corrected chi connectivity index (χ0v) is 24.7. The third kappa shape index (κ3) is 6.84. The molecule has 3 N–H and O–H groups in total. The molecule has 0 unspecified atom stereocenters. The van der Waals surface area contributed by atoms with Crippen LogP contribution in [0.15, 0.2) is 30.3 Å². The lowest BCUT2D eigenvalue weighted by Gasteiger charge is -2.48. The van der Waals surface area contributed by atoms with Gasteiger partial charge in [0.25, 0.3) is 23.8 Å². The highest BCUT2D eigenvalue weighted by molar-refractivity contribution is 6.40. The number of piperidine rings is 1. The molecule has 230 valence electrons. The molecule has 4 rings (SSSR count). The highest BCUT2D eigenvalue weighted by Crippen LogP contribution is 2.44. The first-order chi connectivity index (χ1) is 19.6. The molecule has 0 bridgehead atoms. The van der Waals surface area contributed by atoms with Crippen molar-refractivity contribution in [2.75, 3.05) is 38.0 Å². The highest BCUT2D eigenvalue weighted by Gasteiger charge is 2.63. The first-order valence-corrected chi connectivity index (χ1v) is 14.2. The number of carbonyl (C=O) groups excluding carboxylic acids is 2. The zero-order valence-electron chi connectivity index (χ0n) is 21.6. The standard InChI is InChI=1S/C26H25Cl4F5N4O3/c27-13-1-2-18(28)17(7-13)25(42,26(33,34)35)24(41)38-5-3-16(4-6-38)39-11-15(12-39)37-14-8-19(29)22(20(30)9-14)23(40)36-10-21(31)32/h1-2,7-9,15-16,21,37,42H,3-6,10-12H2,(H,36,40)/t25-/m0/s1. The van der Waals surface area contributed by atoms with Crippen molar-refractivity contribution in [3.63, 3.8) is 0 Å². The number of benzene rings is 2. The van der Waals surface area contributed by atoms with Crippen LogP contribution in [-0.2, 0) is 10.4 Å². The maximum absolute atomic E-state index is 14.1. The van der Waals surface area contributed by atoms with Crippen molar-refractivity contribution in [2.24, 2.45) is 0 Å². The number of nitrogens with one attached hydrogen (secondary N) is 2. The number of alkyl halides is 5. The number of hydrogen-bond acceptors (Lipinski definition) is 5. The van der Waals surface area contributed by atoms with E-state index >= 15 is 0 Å².